The first-order valence-electron chi connectivity index (χ1n) is 35.9. The van der Waals surface area contributed by atoms with Crippen molar-refractivity contribution in [1.82, 2.24) is 39.9 Å². The summed E-state index contributed by atoms with van der Waals surface area (Å²) >= 11 is 9.02. The number of thioether (sulfide) groups is 1. The summed E-state index contributed by atoms with van der Waals surface area (Å²) in [5, 5.41) is 20.0. The summed E-state index contributed by atoms with van der Waals surface area (Å²) in [6.45, 7) is 19.0. The normalized spacial score (nSPS) is 18.6. The number of aryl methyl sites for hydroxylation is 1. The smallest absolute Gasteiger partial charge is 0.391 e. The number of allylic oxidation sites excluding steroid dienone is 1. The molecule has 0 radical (unpaired) electrons. The summed E-state index contributed by atoms with van der Waals surface area (Å²) in [4.78, 5) is 82.4. The number of alkyl halides is 3. The van der Waals surface area contributed by atoms with E-state index in [0.29, 0.717) is 108 Å². The Balaban J connectivity index is 0.692. The van der Waals surface area contributed by atoms with E-state index in [4.69, 9.17) is 11.6 Å². The van der Waals surface area contributed by atoms with E-state index in [2.05, 4.69) is 49.5 Å². The maximum atomic E-state index is 15.2. The van der Waals surface area contributed by atoms with Crippen molar-refractivity contribution in [1.29, 1.82) is 0 Å². The van der Waals surface area contributed by atoms with Crippen molar-refractivity contribution in [3.05, 3.63) is 160 Å². The number of benzene rings is 5. The summed E-state index contributed by atoms with van der Waals surface area (Å²) in [5.74, 6) is -2.50. The van der Waals surface area contributed by atoms with Gasteiger partial charge in [0.15, 0.2) is 0 Å². The number of likely N-dealkylation sites (tertiary alicyclic amines) is 1. The van der Waals surface area contributed by atoms with Gasteiger partial charge in [-0.15, -0.1) is 23.1 Å². The Bertz CT molecular complexity index is 4380. The molecule has 5 atom stereocenters. The highest BCUT2D eigenvalue weighted by molar-refractivity contribution is 7.99. The Morgan fingerprint density at radius 2 is 1.49 bits per heavy atom. The summed E-state index contributed by atoms with van der Waals surface area (Å²) in [7, 11) is -11.2. The second-order valence-electron chi connectivity index (χ2n) is 29.8. The monoisotopic (exact) mass is 1560 g/mol. The number of hydrogen-bond acceptors (Lipinski definition) is 17. The van der Waals surface area contributed by atoms with E-state index in [1.165, 1.54) is 40.4 Å². The standard InChI is InChI=1S/C77H95ClF4N10O10S4/c1-50(52-18-20-53(21-19-52)70-51(2)83-49-104-70)84-73(97)66-43-59(93)47-92(66)74(98)71(75(3,4)5)86-68(94)16-12-9-13-17-69(95)91-40-34-88(35-41-91)33-31-57(48-103-60-14-10-8-11-15-60)85-65-29-27-61(44-67(65)105(99,100)77(80,81)82)106(101,102)87-72(96)54-22-25-58(26-23-54)90-38-36-89(37-39-90)46-55-45-76(6,7)32-30-62(55)63-28-24-56(78)42-64(63)79/h8,10-11,14-15,18-29,42,44,49-50,57,59,66,71,85,93H,9,12-13,16-17,30-41,43,45-48H2,1-7H3,(H,84,97)(H,86,94)(H,87,96)/t50-,57+,59+,66-,71+/m0/s1. The van der Waals surface area contributed by atoms with Gasteiger partial charge in [0.25, 0.3) is 25.8 Å². The summed E-state index contributed by atoms with van der Waals surface area (Å²) in [5.41, 5.74) is 1.05. The van der Waals surface area contributed by atoms with Gasteiger partial charge in [-0.3, -0.25) is 33.8 Å². The number of thiazole rings is 1. The fraction of sp³-hybridized carbons (Fsp3) is 0.481. The zero-order chi connectivity index (χ0) is 76.5. The lowest BCUT2D eigenvalue weighted by Crippen LogP contribution is -2.57. The van der Waals surface area contributed by atoms with Gasteiger partial charge in [0.05, 0.1) is 38.8 Å². The molecule has 106 heavy (non-hydrogen) atoms. The third kappa shape index (κ3) is 20.9. The first-order chi connectivity index (χ1) is 50.1. The van der Waals surface area contributed by atoms with Crippen LogP contribution in [0.3, 0.4) is 0 Å². The number of aromatic nitrogens is 1. The van der Waals surface area contributed by atoms with Crippen LogP contribution in [0, 0.1) is 23.6 Å². The molecule has 0 spiro atoms. The number of amides is 5. The van der Waals surface area contributed by atoms with Gasteiger partial charge >= 0.3 is 5.51 Å². The molecule has 29 heteroatoms. The number of carbonyl (C=O) groups is 5. The van der Waals surface area contributed by atoms with E-state index in [1.807, 2.05) is 93.9 Å². The fourth-order valence-electron chi connectivity index (χ4n) is 14.1. The van der Waals surface area contributed by atoms with Crippen LogP contribution >= 0.6 is 34.7 Å². The van der Waals surface area contributed by atoms with Crippen LogP contribution in [0.15, 0.2) is 141 Å². The van der Waals surface area contributed by atoms with E-state index in [-0.39, 0.29) is 60.2 Å². The number of halogens is 5. The van der Waals surface area contributed by atoms with Gasteiger partial charge in [-0.05, 0) is 147 Å². The number of sulfonamides is 1. The molecule has 3 fully saturated rings. The second kappa shape index (κ2) is 34.8. The molecule has 20 nitrogen and oxygen atoms in total. The van der Waals surface area contributed by atoms with Crippen molar-refractivity contribution >= 4 is 101 Å². The van der Waals surface area contributed by atoms with Gasteiger partial charge in [-0.2, -0.15) is 13.2 Å². The molecule has 4 heterocycles. The zero-order valence-corrected chi connectivity index (χ0v) is 64.8. The molecule has 0 bridgehead atoms. The minimum Gasteiger partial charge on any atom is -0.391 e. The Kier molecular flexibility index (Phi) is 26.7. The van der Waals surface area contributed by atoms with E-state index < -0.39 is 94.3 Å². The SMILES string of the molecule is Cc1ncsc1-c1ccc([C@H](C)NC(=O)[C@@H]2C[C@@H](O)CN2C(=O)[C@@H](NC(=O)CCCCCC(=O)N2CCN(CC[C@H](CSc3ccccc3)Nc3ccc(S(=O)(=O)NC(=O)c4ccc(N5CCN(CC6=C(c7ccc(Cl)cc7F)CCC(C)(C)C6)CC5)cc4)cc3S(=O)(=O)C(F)(F)F)CC2)C(C)(C)C)cc1. The van der Waals surface area contributed by atoms with Crippen molar-refractivity contribution in [3.63, 3.8) is 0 Å². The number of nitrogens with zero attached hydrogens (tertiary/aromatic N) is 6. The molecule has 4 aliphatic rings. The van der Waals surface area contributed by atoms with Crippen LogP contribution in [-0.4, -0.2) is 184 Å². The van der Waals surface area contributed by atoms with Gasteiger partial charge in [0.1, 0.15) is 22.8 Å². The van der Waals surface area contributed by atoms with Gasteiger partial charge in [-0.1, -0.05) is 107 Å². The zero-order valence-electron chi connectivity index (χ0n) is 60.8. The van der Waals surface area contributed by atoms with Crippen LogP contribution in [0.1, 0.15) is 139 Å². The summed E-state index contributed by atoms with van der Waals surface area (Å²) < 4.78 is 116. The van der Waals surface area contributed by atoms with Gasteiger partial charge in [-0.25, -0.2) is 30.9 Å². The van der Waals surface area contributed by atoms with Gasteiger partial charge in [0.2, 0.25) is 23.6 Å². The third-order valence-electron chi connectivity index (χ3n) is 20.2. The number of aliphatic hydroxyl groups is 1. The van der Waals surface area contributed by atoms with Crippen LogP contribution in [0.25, 0.3) is 16.0 Å². The highest BCUT2D eigenvalue weighted by Gasteiger charge is 2.49. The minimum absolute atomic E-state index is 0.0439. The topological polar surface area (TPSA) is 251 Å². The molecule has 6 aromatic rings. The highest BCUT2D eigenvalue weighted by atomic mass is 35.5. The minimum atomic E-state index is -6.20. The molecule has 5 amide bonds. The lowest BCUT2D eigenvalue weighted by atomic mass is 9.72. The molecule has 0 saturated carbocycles. The van der Waals surface area contributed by atoms with Crippen LogP contribution in [0.4, 0.5) is 28.9 Å². The number of hydrogen-bond donors (Lipinski definition) is 5. The third-order valence-corrected chi connectivity index (χ3v) is 25.5. The van der Waals surface area contributed by atoms with E-state index in [9.17, 15) is 59.1 Å². The first-order valence-corrected chi connectivity index (χ1v) is 41.1. The Hall–Kier alpha value is -7.44. The lowest BCUT2D eigenvalue weighted by Gasteiger charge is -2.39. The van der Waals surface area contributed by atoms with Crippen LogP contribution in [0.5, 0.6) is 0 Å². The summed E-state index contributed by atoms with van der Waals surface area (Å²) in [6, 6.07) is 27.3. The molecule has 3 aliphatic heterocycles. The maximum Gasteiger partial charge on any atom is 0.501 e. The fourth-order valence-corrected chi connectivity index (χ4v) is 18.1. The second-order valence-corrected chi connectivity index (χ2v) is 35.8. The van der Waals surface area contributed by atoms with Crippen molar-refractivity contribution in [2.45, 2.75) is 163 Å². The van der Waals surface area contributed by atoms with Crippen LogP contribution in [-0.2, 0) is 39.0 Å². The molecule has 0 unspecified atom stereocenters. The Morgan fingerprint density at radius 3 is 2.14 bits per heavy atom. The average Bonchev–Trinajstić information content (AvgIpc) is 0.929. The molecular formula is C77H95ClF4N10O10S4. The van der Waals surface area contributed by atoms with E-state index in [1.54, 1.807) is 46.0 Å². The molecule has 1 aromatic heterocycles. The molecule has 10 rings (SSSR count). The van der Waals surface area contributed by atoms with Crippen LogP contribution in [0.2, 0.25) is 5.02 Å². The predicted molar refractivity (Wildman–Crippen MR) is 407 cm³/mol. The van der Waals surface area contributed by atoms with Crippen molar-refractivity contribution in [2.24, 2.45) is 10.8 Å². The lowest BCUT2D eigenvalue weighted by molar-refractivity contribution is -0.144. The molecule has 5 N–H and O–H groups in total. The molecule has 572 valence electrons. The predicted octanol–water partition coefficient (Wildman–Crippen LogP) is 12.5. The quantitative estimate of drug-likeness (QED) is 0.0174. The Morgan fingerprint density at radius 1 is 0.811 bits per heavy atom. The van der Waals surface area contributed by atoms with Crippen molar-refractivity contribution in [3.8, 4) is 10.4 Å². The molecule has 5 aromatic carbocycles. The van der Waals surface area contributed by atoms with Gasteiger partial charge in [0, 0.05) is 130 Å². The van der Waals surface area contributed by atoms with Gasteiger partial charge < -0.3 is 35.8 Å². The number of carbonyl (C=O) groups excluding carboxylic acids is 5. The number of aliphatic hydroxyl groups excluding tert-OH is 1. The molecular weight excluding hydrogens is 1460 g/mol. The molecule has 1 aliphatic carbocycles. The number of nitrogens with one attached hydrogen (secondary N) is 4. The first kappa shape index (κ1) is 81.1. The number of β-amino-alcohol motifs (C(OH)–C–C–N with tert-alkyl or cyclic N) is 1. The van der Waals surface area contributed by atoms with E-state index >= 15 is 4.39 Å². The van der Waals surface area contributed by atoms with Crippen LogP contribution < -0.4 is 25.6 Å². The van der Waals surface area contributed by atoms with Crippen molar-refractivity contribution < 1.29 is 63.5 Å². The largest absolute Gasteiger partial charge is 0.501 e. The maximum absolute atomic E-state index is 15.2. The summed E-state index contributed by atoms with van der Waals surface area (Å²) in [6.07, 6.45) is 3.71. The average molecular weight is 1560 g/mol. The number of anilines is 2. The van der Waals surface area contributed by atoms with E-state index in [0.717, 1.165) is 69.2 Å². The number of sulfone groups is 1. The number of piperazine rings is 2. The van der Waals surface area contributed by atoms with Crippen molar-refractivity contribution in [2.75, 3.05) is 88.0 Å². The highest BCUT2D eigenvalue weighted by Crippen LogP contribution is 2.44. The number of unbranched alkanes of at least 4 members (excludes halogenated alkanes) is 2. The Labute approximate surface area is 632 Å². The number of rotatable bonds is 28. The molecule has 3 saturated heterocycles.